The fourth-order valence-electron chi connectivity index (χ4n) is 3.87. The van der Waals surface area contributed by atoms with Gasteiger partial charge in [0, 0.05) is 11.3 Å². The molecule has 0 atom stereocenters. The van der Waals surface area contributed by atoms with Crippen LogP contribution in [-0.4, -0.2) is 60.0 Å². The maximum atomic E-state index is 13.0. The van der Waals surface area contributed by atoms with E-state index >= 15 is 0 Å². The van der Waals surface area contributed by atoms with E-state index in [1.165, 1.54) is 21.3 Å². The molecule has 1 aliphatic rings. The second kappa shape index (κ2) is 11.4. The molecule has 0 aromatic heterocycles. The van der Waals surface area contributed by atoms with Gasteiger partial charge in [0.25, 0.3) is 11.8 Å². The molecule has 3 aromatic rings. The maximum Gasteiger partial charge on any atom is 0.265 e. The van der Waals surface area contributed by atoms with Crippen LogP contribution in [0.15, 0.2) is 54.6 Å². The summed E-state index contributed by atoms with van der Waals surface area (Å²) in [6, 6.07) is 15.4. The number of rotatable bonds is 10. The minimum absolute atomic E-state index is 0.0767. The molecule has 1 aliphatic heterocycles. The Labute approximate surface area is 214 Å². The minimum atomic E-state index is -0.392. The van der Waals surface area contributed by atoms with E-state index in [0.29, 0.717) is 52.2 Å². The number of fused-ring (bicyclic) bond motifs is 1. The Morgan fingerprint density at radius 2 is 1.57 bits per heavy atom. The molecule has 0 radical (unpaired) electrons. The van der Waals surface area contributed by atoms with Crippen LogP contribution in [0.2, 0.25) is 0 Å². The number of carbonyl (C=O) groups is 2. The molecule has 0 spiro atoms. The van der Waals surface area contributed by atoms with E-state index in [0.717, 1.165) is 5.75 Å². The largest absolute Gasteiger partial charge is 0.497 e. The first-order valence-corrected chi connectivity index (χ1v) is 11.4. The molecular formula is C27H28N2O8. The summed E-state index contributed by atoms with van der Waals surface area (Å²) < 4.78 is 32.5. The standard InChI is InChI=1S/C27H28N2O8/c1-32-19-6-8-20(9-7-19)36-12-11-29-21-15-18(5-10-22(21)37-16-25(29)30)28-27(31)17-13-23(33-2)26(35-4)24(14-17)34-3/h5-10,13-15H,11-12,16H2,1-4H3,(H,28,31). The van der Waals surface area contributed by atoms with Crippen LogP contribution in [0.3, 0.4) is 0 Å². The predicted molar refractivity (Wildman–Crippen MR) is 137 cm³/mol. The number of hydrogen-bond donors (Lipinski definition) is 1. The van der Waals surface area contributed by atoms with Gasteiger partial charge in [-0.05, 0) is 54.6 Å². The summed E-state index contributed by atoms with van der Waals surface area (Å²) in [5.41, 5.74) is 1.33. The molecule has 0 saturated heterocycles. The first-order valence-electron chi connectivity index (χ1n) is 11.4. The quantitative estimate of drug-likeness (QED) is 0.441. The Hall–Kier alpha value is -4.60. The van der Waals surface area contributed by atoms with Gasteiger partial charge < -0.3 is 38.6 Å². The predicted octanol–water partition coefficient (Wildman–Crippen LogP) is 3.78. The SMILES string of the molecule is COc1ccc(OCCN2C(=O)COc3ccc(NC(=O)c4cc(OC)c(OC)c(OC)c4)cc32)cc1. The van der Waals surface area contributed by atoms with Gasteiger partial charge in [0.15, 0.2) is 18.1 Å². The van der Waals surface area contributed by atoms with Crippen molar-refractivity contribution < 1.29 is 38.0 Å². The minimum Gasteiger partial charge on any atom is -0.497 e. The topological polar surface area (TPSA) is 105 Å². The molecule has 10 nitrogen and oxygen atoms in total. The first-order chi connectivity index (χ1) is 18.0. The summed E-state index contributed by atoms with van der Waals surface area (Å²) >= 11 is 0. The van der Waals surface area contributed by atoms with Crippen molar-refractivity contribution in [1.82, 2.24) is 0 Å². The Morgan fingerprint density at radius 1 is 0.892 bits per heavy atom. The summed E-state index contributed by atoms with van der Waals surface area (Å²) in [6.45, 7) is 0.484. The van der Waals surface area contributed by atoms with Crippen molar-refractivity contribution in [2.45, 2.75) is 0 Å². The molecule has 194 valence electrons. The van der Waals surface area contributed by atoms with Crippen molar-refractivity contribution in [2.75, 3.05) is 58.4 Å². The van der Waals surface area contributed by atoms with Crippen LogP contribution in [0, 0.1) is 0 Å². The summed E-state index contributed by atoms with van der Waals surface area (Å²) in [4.78, 5) is 27.3. The highest BCUT2D eigenvalue weighted by Gasteiger charge is 2.26. The van der Waals surface area contributed by atoms with Crippen LogP contribution >= 0.6 is 0 Å². The second-order valence-corrected chi connectivity index (χ2v) is 7.91. The summed E-state index contributed by atoms with van der Waals surface area (Å²) in [7, 11) is 6.04. The number of nitrogens with zero attached hydrogens (tertiary/aromatic N) is 1. The molecule has 3 aromatic carbocycles. The molecule has 2 amide bonds. The number of anilines is 2. The van der Waals surface area contributed by atoms with E-state index < -0.39 is 5.91 Å². The Balaban J connectivity index is 1.49. The van der Waals surface area contributed by atoms with Crippen molar-refractivity contribution >= 4 is 23.2 Å². The van der Waals surface area contributed by atoms with E-state index in [1.54, 1.807) is 66.6 Å². The molecule has 10 heteroatoms. The van der Waals surface area contributed by atoms with Gasteiger partial charge in [-0.3, -0.25) is 9.59 Å². The highest BCUT2D eigenvalue weighted by Crippen LogP contribution is 2.39. The third-order valence-electron chi connectivity index (χ3n) is 5.73. The summed E-state index contributed by atoms with van der Waals surface area (Å²) in [5, 5.41) is 2.85. The van der Waals surface area contributed by atoms with Gasteiger partial charge in [-0.1, -0.05) is 0 Å². The molecule has 0 aliphatic carbocycles. The fourth-order valence-corrected chi connectivity index (χ4v) is 3.87. The zero-order chi connectivity index (χ0) is 26.4. The van der Waals surface area contributed by atoms with Crippen LogP contribution < -0.4 is 38.6 Å². The molecule has 1 N–H and O–H groups in total. The van der Waals surface area contributed by atoms with Crippen LogP contribution in [-0.2, 0) is 4.79 Å². The summed E-state index contributed by atoms with van der Waals surface area (Å²) in [5.74, 6) is 2.43. The van der Waals surface area contributed by atoms with Crippen molar-refractivity contribution in [2.24, 2.45) is 0 Å². The number of hydrogen-bond acceptors (Lipinski definition) is 8. The van der Waals surface area contributed by atoms with Gasteiger partial charge in [-0.25, -0.2) is 0 Å². The van der Waals surface area contributed by atoms with Gasteiger partial charge in [-0.2, -0.15) is 0 Å². The highest BCUT2D eigenvalue weighted by atomic mass is 16.5. The van der Waals surface area contributed by atoms with Gasteiger partial charge in [-0.15, -0.1) is 0 Å². The van der Waals surface area contributed by atoms with Gasteiger partial charge >= 0.3 is 0 Å². The van der Waals surface area contributed by atoms with Crippen molar-refractivity contribution in [3.05, 3.63) is 60.2 Å². The number of amides is 2. The van der Waals surface area contributed by atoms with E-state index in [9.17, 15) is 9.59 Å². The van der Waals surface area contributed by atoms with Crippen molar-refractivity contribution in [1.29, 1.82) is 0 Å². The van der Waals surface area contributed by atoms with Crippen molar-refractivity contribution in [3.8, 4) is 34.5 Å². The van der Waals surface area contributed by atoms with Gasteiger partial charge in [0.05, 0.1) is 40.7 Å². The number of nitrogens with one attached hydrogen (secondary N) is 1. The number of ether oxygens (including phenoxy) is 6. The van der Waals surface area contributed by atoms with Gasteiger partial charge in [0.2, 0.25) is 5.75 Å². The lowest BCUT2D eigenvalue weighted by atomic mass is 10.1. The zero-order valence-corrected chi connectivity index (χ0v) is 21.0. The zero-order valence-electron chi connectivity index (χ0n) is 21.0. The molecule has 0 unspecified atom stereocenters. The number of carbonyl (C=O) groups excluding carboxylic acids is 2. The molecular weight excluding hydrogens is 480 g/mol. The lowest BCUT2D eigenvalue weighted by Crippen LogP contribution is -2.41. The fraction of sp³-hybridized carbons (Fsp3) is 0.259. The van der Waals surface area contributed by atoms with Crippen LogP contribution in [0.25, 0.3) is 0 Å². The van der Waals surface area contributed by atoms with Gasteiger partial charge in [0.1, 0.15) is 23.9 Å². The van der Waals surface area contributed by atoms with Crippen LogP contribution in [0.4, 0.5) is 11.4 Å². The monoisotopic (exact) mass is 508 g/mol. The maximum absolute atomic E-state index is 13.0. The molecule has 0 bridgehead atoms. The normalized spacial score (nSPS) is 12.2. The average Bonchev–Trinajstić information content (AvgIpc) is 2.93. The summed E-state index contributed by atoms with van der Waals surface area (Å²) in [6.07, 6.45) is 0. The Morgan fingerprint density at radius 3 is 2.19 bits per heavy atom. The molecule has 0 saturated carbocycles. The smallest absolute Gasteiger partial charge is 0.265 e. The van der Waals surface area contributed by atoms with E-state index in [1.807, 2.05) is 0 Å². The van der Waals surface area contributed by atoms with E-state index in [-0.39, 0.29) is 19.1 Å². The average molecular weight is 509 g/mol. The lowest BCUT2D eigenvalue weighted by Gasteiger charge is -2.29. The molecule has 1 heterocycles. The molecule has 4 rings (SSSR count). The third kappa shape index (κ3) is 5.64. The van der Waals surface area contributed by atoms with Crippen LogP contribution in [0.1, 0.15) is 10.4 Å². The number of benzene rings is 3. The Bertz CT molecular complexity index is 1250. The number of methoxy groups -OCH3 is 4. The van der Waals surface area contributed by atoms with E-state index in [4.69, 9.17) is 28.4 Å². The van der Waals surface area contributed by atoms with Crippen LogP contribution in [0.5, 0.6) is 34.5 Å². The van der Waals surface area contributed by atoms with E-state index in [2.05, 4.69) is 5.32 Å². The molecule has 37 heavy (non-hydrogen) atoms. The highest BCUT2D eigenvalue weighted by molar-refractivity contribution is 6.06. The first kappa shape index (κ1) is 25.5. The lowest BCUT2D eigenvalue weighted by molar-refractivity contribution is -0.121. The Kier molecular flexibility index (Phi) is 7.87. The third-order valence-corrected chi connectivity index (χ3v) is 5.73. The second-order valence-electron chi connectivity index (χ2n) is 7.91. The molecule has 0 fully saturated rings. The van der Waals surface area contributed by atoms with Crippen molar-refractivity contribution in [3.63, 3.8) is 0 Å².